The quantitative estimate of drug-likeness (QED) is 0.767. The first kappa shape index (κ1) is 13.6. The molecule has 3 heteroatoms. The zero-order valence-corrected chi connectivity index (χ0v) is 11.4. The summed E-state index contributed by atoms with van der Waals surface area (Å²) in [4.78, 5) is 0. The van der Waals surface area contributed by atoms with Gasteiger partial charge < -0.3 is 5.32 Å². The molecule has 1 aromatic carbocycles. The van der Waals surface area contributed by atoms with Gasteiger partial charge in [0.05, 0.1) is 5.02 Å². The third kappa shape index (κ3) is 3.56. The molecule has 1 aromatic rings. The normalized spacial score (nSPS) is 16.7. The lowest BCUT2D eigenvalue weighted by Crippen LogP contribution is -2.20. The fourth-order valence-electron chi connectivity index (χ4n) is 2.31. The molecule has 0 aromatic heterocycles. The molecular formula is C15H19ClFN. The van der Waals surface area contributed by atoms with Crippen molar-refractivity contribution in [3.8, 4) is 0 Å². The number of rotatable bonds is 5. The van der Waals surface area contributed by atoms with Crippen molar-refractivity contribution in [3.63, 3.8) is 0 Å². The van der Waals surface area contributed by atoms with Crippen molar-refractivity contribution in [1.82, 2.24) is 5.32 Å². The molecule has 1 aliphatic carbocycles. The molecule has 0 saturated heterocycles. The van der Waals surface area contributed by atoms with E-state index in [1.807, 2.05) is 0 Å². The maximum Gasteiger partial charge on any atom is 0.141 e. The summed E-state index contributed by atoms with van der Waals surface area (Å²) in [5.41, 5.74) is 2.59. The Kier molecular flexibility index (Phi) is 4.79. The van der Waals surface area contributed by atoms with Gasteiger partial charge in [-0.1, -0.05) is 29.3 Å². The Labute approximate surface area is 113 Å². The van der Waals surface area contributed by atoms with Crippen LogP contribution in [0.2, 0.25) is 5.02 Å². The minimum absolute atomic E-state index is 0.194. The fraction of sp³-hybridized carbons (Fsp3) is 0.467. The Hall–Kier alpha value is -0.860. The second-order valence-electron chi connectivity index (χ2n) is 4.85. The van der Waals surface area contributed by atoms with Gasteiger partial charge in [0.2, 0.25) is 0 Å². The standard InChI is InChI=1S/C15H19ClFN/c1-11(13-6-7-15(17)14(16)10-13)18-9-8-12-4-2-3-5-12/h4,6-7,10-11,18H,2-3,5,8-9H2,1H3. The fourth-order valence-corrected chi connectivity index (χ4v) is 2.50. The third-order valence-electron chi connectivity index (χ3n) is 3.48. The monoisotopic (exact) mass is 267 g/mol. The van der Waals surface area contributed by atoms with E-state index < -0.39 is 0 Å². The average molecular weight is 268 g/mol. The summed E-state index contributed by atoms with van der Waals surface area (Å²) in [6.45, 7) is 3.04. The molecule has 0 spiro atoms. The third-order valence-corrected chi connectivity index (χ3v) is 3.76. The maximum absolute atomic E-state index is 13.1. The summed E-state index contributed by atoms with van der Waals surface area (Å²) in [5.74, 6) is -0.358. The molecule has 0 saturated carbocycles. The van der Waals surface area contributed by atoms with E-state index in [9.17, 15) is 4.39 Å². The van der Waals surface area contributed by atoms with Crippen molar-refractivity contribution < 1.29 is 4.39 Å². The zero-order valence-electron chi connectivity index (χ0n) is 10.7. The minimum Gasteiger partial charge on any atom is -0.310 e. The first-order chi connectivity index (χ1) is 8.66. The molecule has 98 valence electrons. The lowest BCUT2D eigenvalue weighted by molar-refractivity contribution is 0.570. The van der Waals surface area contributed by atoms with E-state index in [1.165, 1.54) is 25.3 Å². The summed E-state index contributed by atoms with van der Waals surface area (Å²) in [6.07, 6.45) is 7.25. The van der Waals surface area contributed by atoms with Crippen molar-refractivity contribution in [2.75, 3.05) is 6.54 Å². The van der Waals surface area contributed by atoms with Crippen LogP contribution in [0.25, 0.3) is 0 Å². The molecule has 2 rings (SSSR count). The van der Waals surface area contributed by atoms with E-state index >= 15 is 0 Å². The van der Waals surface area contributed by atoms with Gasteiger partial charge >= 0.3 is 0 Å². The van der Waals surface area contributed by atoms with Crippen LogP contribution in [0.4, 0.5) is 4.39 Å². The van der Waals surface area contributed by atoms with Gasteiger partial charge in [-0.3, -0.25) is 0 Å². The number of nitrogens with one attached hydrogen (secondary N) is 1. The Morgan fingerprint density at radius 1 is 1.44 bits per heavy atom. The number of hydrogen-bond donors (Lipinski definition) is 1. The van der Waals surface area contributed by atoms with Crippen LogP contribution in [-0.2, 0) is 0 Å². The van der Waals surface area contributed by atoms with Gasteiger partial charge in [-0.15, -0.1) is 0 Å². The smallest absolute Gasteiger partial charge is 0.141 e. The summed E-state index contributed by atoms with van der Waals surface area (Å²) in [5, 5.41) is 3.64. The van der Waals surface area contributed by atoms with E-state index in [0.717, 1.165) is 18.5 Å². The second-order valence-corrected chi connectivity index (χ2v) is 5.26. The van der Waals surface area contributed by atoms with Crippen LogP contribution in [0.3, 0.4) is 0 Å². The van der Waals surface area contributed by atoms with Gasteiger partial charge in [0.15, 0.2) is 0 Å². The van der Waals surface area contributed by atoms with Gasteiger partial charge in [0, 0.05) is 6.04 Å². The largest absolute Gasteiger partial charge is 0.310 e. The lowest BCUT2D eigenvalue weighted by Gasteiger charge is -2.15. The average Bonchev–Trinajstić information content (AvgIpc) is 2.85. The van der Waals surface area contributed by atoms with Crippen LogP contribution in [0.5, 0.6) is 0 Å². The molecule has 0 radical (unpaired) electrons. The molecule has 0 bridgehead atoms. The van der Waals surface area contributed by atoms with Gasteiger partial charge in [0.1, 0.15) is 5.82 Å². The van der Waals surface area contributed by atoms with Gasteiger partial charge in [-0.05, 0) is 56.8 Å². The Morgan fingerprint density at radius 2 is 2.28 bits per heavy atom. The van der Waals surface area contributed by atoms with Crippen molar-refractivity contribution >= 4 is 11.6 Å². The predicted molar refractivity (Wildman–Crippen MR) is 74.4 cm³/mol. The first-order valence-electron chi connectivity index (χ1n) is 6.53. The van der Waals surface area contributed by atoms with Crippen LogP contribution in [0, 0.1) is 5.82 Å². The molecule has 1 unspecified atom stereocenters. The molecule has 1 N–H and O–H groups in total. The highest BCUT2D eigenvalue weighted by atomic mass is 35.5. The highest BCUT2D eigenvalue weighted by Gasteiger charge is 2.09. The SMILES string of the molecule is CC(NCCC1=CCCC1)c1ccc(F)c(Cl)c1. The Morgan fingerprint density at radius 3 is 2.94 bits per heavy atom. The van der Waals surface area contributed by atoms with Crippen LogP contribution in [0.1, 0.15) is 44.2 Å². The molecule has 18 heavy (non-hydrogen) atoms. The highest BCUT2D eigenvalue weighted by molar-refractivity contribution is 6.30. The Balaban J connectivity index is 1.83. The molecule has 0 heterocycles. The topological polar surface area (TPSA) is 12.0 Å². The number of halogens is 2. The molecule has 1 nitrogen and oxygen atoms in total. The molecular weight excluding hydrogens is 249 g/mol. The van der Waals surface area contributed by atoms with E-state index in [4.69, 9.17) is 11.6 Å². The lowest BCUT2D eigenvalue weighted by atomic mass is 10.1. The van der Waals surface area contributed by atoms with Crippen LogP contribution in [0.15, 0.2) is 29.8 Å². The van der Waals surface area contributed by atoms with Crippen LogP contribution < -0.4 is 5.32 Å². The van der Waals surface area contributed by atoms with Gasteiger partial charge in [-0.2, -0.15) is 0 Å². The highest BCUT2D eigenvalue weighted by Crippen LogP contribution is 2.22. The van der Waals surface area contributed by atoms with Crippen molar-refractivity contribution in [2.45, 2.75) is 38.6 Å². The second kappa shape index (κ2) is 6.35. The first-order valence-corrected chi connectivity index (χ1v) is 6.91. The van der Waals surface area contributed by atoms with Gasteiger partial charge in [0.25, 0.3) is 0 Å². The van der Waals surface area contributed by atoms with Crippen LogP contribution >= 0.6 is 11.6 Å². The molecule has 0 aliphatic heterocycles. The van der Waals surface area contributed by atoms with E-state index in [0.29, 0.717) is 0 Å². The zero-order chi connectivity index (χ0) is 13.0. The summed E-state index contributed by atoms with van der Waals surface area (Å²) < 4.78 is 13.1. The van der Waals surface area contributed by atoms with Crippen molar-refractivity contribution in [1.29, 1.82) is 0 Å². The summed E-state index contributed by atoms with van der Waals surface area (Å²) in [7, 11) is 0. The molecule has 0 fully saturated rings. The molecule has 1 atom stereocenters. The van der Waals surface area contributed by atoms with Crippen LogP contribution in [-0.4, -0.2) is 6.54 Å². The molecule has 0 amide bonds. The summed E-state index contributed by atoms with van der Waals surface area (Å²) in [6, 6.07) is 5.11. The van der Waals surface area contributed by atoms with Crippen molar-refractivity contribution in [2.24, 2.45) is 0 Å². The molecule has 1 aliphatic rings. The van der Waals surface area contributed by atoms with Gasteiger partial charge in [-0.25, -0.2) is 4.39 Å². The minimum atomic E-state index is -0.358. The van der Waals surface area contributed by atoms with E-state index in [-0.39, 0.29) is 16.9 Å². The Bertz CT molecular complexity index is 442. The number of benzene rings is 1. The van der Waals surface area contributed by atoms with Crippen molar-refractivity contribution in [3.05, 3.63) is 46.3 Å². The maximum atomic E-state index is 13.1. The summed E-state index contributed by atoms with van der Waals surface area (Å²) >= 11 is 5.78. The van der Waals surface area contributed by atoms with E-state index in [1.54, 1.807) is 17.7 Å². The predicted octanol–water partition coefficient (Wildman–Crippen LogP) is 4.63. The number of hydrogen-bond acceptors (Lipinski definition) is 1. The number of allylic oxidation sites excluding steroid dienone is 1. The van der Waals surface area contributed by atoms with E-state index in [2.05, 4.69) is 18.3 Å².